The number of aromatic nitrogens is 3. The number of amides is 1. The molecule has 2 aromatic rings. The summed E-state index contributed by atoms with van der Waals surface area (Å²) in [6, 6.07) is 3.58. The molecule has 1 saturated heterocycles. The lowest BCUT2D eigenvalue weighted by Crippen LogP contribution is -2.42. The van der Waals surface area contributed by atoms with Crippen LogP contribution in [-0.4, -0.2) is 33.2 Å². The molecule has 1 unspecified atom stereocenters. The molecule has 1 aliphatic rings. The highest BCUT2D eigenvalue weighted by molar-refractivity contribution is 5.93. The van der Waals surface area contributed by atoms with Gasteiger partial charge >= 0.3 is 5.69 Å². The zero-order chi connectivity index (χ0) is 16.9. The minimum atomic E-state index is -0.613. The largest absolute Gasteiger partial charge is 0.376 e. The van der Waals surface area contributed by atoms with Gasteiger partial charge in [0, 0.05) is 31.7 Å². The van der Waals surface area contributed by atoms with E-state index in [4.69, 9.17) is 4.74 Å². The van der Waals surface area contributed by atoms with Crippen LogP contribution in [-0.2, 0) is 17.8 Å². The van der Waals surface area contributed by atoms with E-state index in [0.29, 0.717) is 6.61 Å². The highest BCUT2D eigenvalue weighted by atomic mass is 16.5. The number of carbonyl (C=O) groups is 1. The maximum Gasteiger partial charge on any atom is 0.328 e. The van der Waals surface area contributed by atoms with Crippen LogP contribution in [0.25, 0.3) is 0 Å². The van der Waals surface area contributed by atoms with Crippen molar-refractivity contribution >= 4 is 5.91 Å². The van der Waals surface area contributed by atoms with E-state index in [1.165, 1.54) is 0 Å². The normalized spacial score (nSPS) is 16.9. The predicted molar refractivity (Wildman–Crippen MR) is 85.7 cm³/mol. The molecular formula is C16H18N4O4. The van der Waals surface area contributed by atoms with Crippen LogP contribution in [0.2, 0.25) is 0 Å². The molecule has 1 atom stereocenters. The number of pyridine rings is 1. The van der Waals surface area contributed by atoms with E-state index in [1.54, 1.807) is 18.5 Å². The smallest absolute Gasteiger partial charge is 0.328 e. The molecule has 1 fully saturated rings. The van der Waals surface area contributed by atoms with Crippen LogP contribution in [0.5, 0.6) is 0 Å². The number of hydrogen-bond acceptors (Lipinski definition) is 5. The molecule has 3 rings (SSSR count). The molecule has 126 valence electrons. The number of hydrogen-bond donors (Lipinski definition) is 2. The molecule has 8 heteroatoms. The maximum atomic E-state index is 12.4. The first kappa shape index (κ1) is 16.1. The summed E-state index contributed by atoms with van der Waals surface area (Å²) >= 11 is 0. The minimum absolute atomic E-state index is 0.100. The summed E-state index contributed by atoms with van der Waals surface area (Å²) in [4.78, 5) is 43.0. The second-order valence-electron chi connectivity index (χ2n) is 5.60. The number of rotatable bonds is 5. The van der Waals surface area contributed by atoms with Gasteiger partial charge in [0.05, 0.1) is 12.6 Å². The van der Waals surface area contributed by atoms with Gasteiger partial charge < -0.3 is 15.0 Å². The van der Waals surface area contributed by atoms with Crippen molar-refractivity contribution in [3.8, 4) is 0 Å². The first-order valence-corrected chi connectivity index (χ1v) is 7.76. The summed E-state index contributed by atoms with van der Waals surface area (Å²) in [6.45, 7) is 1.03. The Labute approximate surface area is 137 Å². The number of nitrogens with zero attached hydrogens (tertiary/aromatic N) is 2. The Balaban J connectivity index is 1.76. The van der Waals surface area contributed by atoms with Crippen molar-refractivity contribution in [2.75, 3.05) is 6.61 Å². The lowest BCUT2D eigenvalue weighted by atomic mass is 10.2. The molecular weight excluding hydrogens is 312 g/mol. The fourth-order valence-electron chi connectivity index (χ4n) is 2.61. The van der Waals surface area contributed by atoms with Gasteiger partial charge in [-0.15, -0.1) is 0 Å². The Morgan fingerprint density at radius 3 is 3.04 bits per heavy atom. The summed E-state index contributed by atoms with van der Waals surface area (Å²) in [5.74, 6) is -0.541. The van der Waals surface area contributed by atoms with Crippen LogP contribution in [0.15, 0.2) is 40.3 Å². The van der Waals surface area contributed by atoms with E-state index in [0.717, 1.165) is 29.2 Å². The summed E-state index contributed by atoms with van der Waals surface area (Å²) in [5, 5.41) is 2.65. The van der Waals surface area contributed by atoms with Crippen molar-refractivity contribution in [2.24, 2.45) is 0 Å². The molecule has 1 aliphatic heterocycles. The van der Waals surface area contributed by atoms with Crippen LogP contribution in [0.1, 0.15) is 28.8 Å². The van der Waals surface area contributed by atoms with Gasteiger partial charge in [-0.05, 0) is 24.5 Å². The van der Waals surface area contributed by atoms with Gasteiger partial charge in [0.1, 0.15) is 5.56 Å². The molecule has 1 amide bonds. The van der Waals surface area contributed by atoms with E-state index in [9.17, 15) is 14.4 Å². The number of carbonyl (C=O) groups excluding carboxylic acids is 1. The first-order valence-electron chi connectivity index (χ1n) is 7.76. The Morgan fingerprint density at radius 1 is 1.46 bits per heavy atom. The van der Waals surface area contributed by atoms with Crippen LogP contribution >= 0.6 is 0 Å². The van der Waals surface area contributed by atoms with Crippen LogP contribution in [0.3, 0.4) is 0 Å². The number of aromatic amines is 1. The van der Waals surface area contributed by atoms with Crippen molar-refractivity contribution in [3.63, 3.8) is 0 Å². The highest BCUT2D eigenvalue weighted by Crippen LogP contribution is 2.12. The molecule has 3 heterocycles. The lowest BCUT2D eigenvalue weighted by Gasteiger charge is -2.12. The van der Waals surface area contributed by atoms with Crippen LogP contribution < -0.4 is 16.6 Å². The number of H-pyrrole nitrogens is 1. The third-order valence-electron chi connectivity index (χ3n) is 3.89. The Bertz CT molecular complexity index is 822. The summed E-state index contributed by atoms with van der Waals surface area (Å²) in [5.41, 5.74) is -0.441. The van der Waals surface area contributed by atoms with Crippen molar-refractivity contribution in [2.45, 2.75) is 32.0 Å². The Kier molecular flexibility index (Phi) is 4.85. The average molecular weight is 330 g/mol. The first-order chi connectivity index (χ1) is 11.6. The third-order valence-corrected chi connectivity index (χ3v) is 3.89. The zero-order valence-electron chi connectivity index (χ0n) is 13.0. The summed E-state index contributed by atoms with van der Waals surface area (Å²) in [7, 11) is 0. The van der Waals surface area contributed by atoms with Gasteiger partial charge in [-0.1, -0.05) is 6.07 Å². The molecule has 0 spiro atoms. The van der Waals surface area contributed by atoms with Gasteiger partial charge in [0.15, 0.2) is 0 Å². The standard InChI is InChI=1S/C16H18N4O4/c21-14(18-8-11-3-1-5-17-7-11)13-9-19-16(23)20(15(13)22)10-12-4-2-6-24-12/h1,3,5,7,9,12H,2,4,6,8,10H2,(H,18,21)(H,19,23). The summed E-state index contributed by atoms with van der Waals surface area (Å²) < 4.78 is 6.48. The van der Waals surface area contributed by atoms with E-state index < -0.39 is 17.2 Å². The number of ether oxygens (including phenoxy) is 1. The molecule has 0 aromatic carbocycles. The maximum absolute atomic E-state index is 12.4. The number of nitrogens with one attached hydrogen (secondary N) is 2. The van der Waals surface area contributed by atoms with Gasteiger partial charge in [0.25, 0.3) is 11.5 Å². The highest BCUT2D eigenvalue weighted by Gasteiger charge is 2.20. The minimum Gasteiger partial charge on any atom is -0.376 e. The summed E-state index contributed by atoms with van der Waals surface area (Å²) in [6.07, 6.45) is 5.94. The molecule has 2 aromatic heterocycles. The van der Waals surface area contributed by atoms with Gasteiger partial charge in [-0.25, -0.2) is 4.79 Å². The van der Waals surface area contributed by atoms with Crippen molar-refractivity contribution in [3.05, 3.63) is 62.7 Å². The molecule has 24 heavy (non-hydrogen) atoms. The van der Waals surface area contributed by atoms with Gasteiger partial charge in [-0.2, -0.15) is 0 Å². The topological polar surface area (TPSA) is 106 Å². The van der Waals surface area contributed by atoms with Crippen molar-refractivity contribution < 1.29 is 9.53 Å². The van der Waals surface area contributed by atoms with Gasteiger partial charge in [-0.3, -0.25) is 19.1 Å². The second-order valence-corrected chi connectivity index (χ2v) is 5.60. The molecule has 0 bridgehead atoms. The Hall–Kier alpha value is -2.74. The molecule has 8 nitrogen and oxygen atoms in total. The van der Waals surface area contributed by atoms with E-state index in [2.05, 4.69) is 15.3 Å². The molecule has 0 aliphatic carbocycles. The molecule has 0 saturated carbocycles. The fraction of sp³-hybridized carbons (Fsp3) is 0.375. The second kappa shape index (κ2) is 7.22. The fourth-order valence-corrected chi connectivity index (χ4v) is 2.61. The van der Waals surface area contributed by atoms with Gasteiger partial charge in [0.2, 0.25) is 0 Å². The monoisotopic (exact) mass is 330 g/mol. The van der Waals surface area contributed by atoms with Crippen molar-refractivity contribution in [1.29, 1.82) is 0 Å². The SMILES string of the molecule is O=C(NCc1cccnc1)c1c[nH]c(=O)n(CC2CCCO2)c1=O. The molecule has 0 radical (unpaired) electrons. The zero-order valence-corrected chi connectivity index (χ0v) is 13.0. The van der Waals surface area contributed by atoms with Crippen LogP contribution in [0, 0.1) is 0 Å². The predicted octanol–water partition coefficient (Wildman–Crippen LogP) is 0.0406. The van der Waals surface area contributed by atoms with E-state index in [-0.39, 0.29) is 24.8 Å². The molecule has 2 N–H and O–H groups in total. The average Bonchev–Trinajstić information content (AvgIpc) is 3.11. The van der Waals surface area contributed by atoms with E-state index in [1.807, 2.05) is 6.07 Å². The third kappa shape index (κ3) is 3.60. The Morgan fingerprint density at radius 2 is 2.33 bits per heavy atom. The van der Waals surface area contributed by atoms with Crippen LogP contribution in [0.4, 0.5) is 0 Å². The van der Waals surface area contributed by atoms with E-state index >= 15 is 0 Å². The quantitative estimate of drug-likeness (QED) is 0.805. The van der Waals surface area contributed by atoms with Crippen molar-refractivity contribution in [1.82, 2.24) is 19.9 Å². The lowest BCUT2D eigenvalue weighted by molar-refractivity contribution is 0.0921.